The minimum absolute atomic E-state index is 0. The first-order valence-corrected chi connectivity index (χ1v) is 7.63. The van der Waals surface area contributed by atoms with Gasteiger partial charge in [-0.25, -0.2) is 0 Å². The molecule has 0 saturated carbocycles. The molecule has 0 saturated heterocycles. The second-order valence-electron chi connectivity index (χ2n) is 5.30. The molecule has 136 valence electrons. The van der Waals surface area contributed by atoms with Gasteiger partial charge in [-0.05, 0) is 17.7 Å². The number of methoxy groups -OCH3 is 3. The van der Waals surface area contributed by atoms with Gasteiger partial charge in [-0.15, -0.1) is 12.4 Å². The Bertz CT molecular complexity index is 698. The number of fused-ring (bicyclic) bond motifs is 1. The Morgan fingerprint density at radius 1 is 0.880 bits per heavy atom. The van der Waals surface area contributed by atoms with Crippen LogP contribution in [-0.4, -0.2) is 28.1 Å². The molecule has 0 aromatic heterocycles. The van der Waals surface area contributed by atoms with E-state index in [1.165, 1.54) is 0 Å². The van der Waals surface area contributed by atoms with E-state index < -0.39 is 0 Å². The zero-order valence-electron chi connectivity index (χ0n) is 14.5. The molecule has 1 aliphatic rings. The lowest BCUT2D eigenvalue weighted by atomic mass is 10.1. The molecule has 7 heteroatoms. The van der Waals surface area contributed by atoms with Crippen LogP contribution in [-0.2, 0) is 13.1 Å². The van der Waals surface area contributed by atoms with Crippen LogP contribution in [0.2, 0.25) is 0 Å². The van der Waals surface area contributed by atoms with Gasteiger partial charge in [0, 0.05) is 25.2 Å². The molecule has 0 atom stereocenters. The zero-order chi connectivity index (χ0) is 16.9. The SMILES string of the molecule is COc1cc(OC)c(CNCc2ccc3c(c2)OCO3)c(OC)c1.Cl. The highest BCUT2D eigenvalue weighted by Crippen LogP contribution is 2.34. The van der Waals surface area contributed by atoms with Gasteiger partial charge in [-0.1, -0.05) is 6.07 Å². The quantitative estimate of drug-likeness (QED) is 0.811. The molecule has 0 unspecified atom stereocenters. The second kappa shape index (κ2) is 8.69. The molecule has 0 bridgehead atoms. The van der Waals surface area contributed by atoms with E-state index in [1.54, 1.807) is 21.3 Å². The Labute approximate surface area is 153 Å². The summed E-state index contributed by atoms with van der Waals surface area (Å²) in [6, 6.07) is 9.62. The van der Waals surface area contributed by atoms with Crippen LogP contribution in [0, 0.1) is 0 Å². The van der Waals surface area contributed by atoms with Gasteiger partial charge in [-0.3, -0.25) is 0 Å². The summed E-state index contributed by atoms with van der Waals surface area (Å²) in [4.78, 5) is 0. The van der Waals surface area contributed by atoms with E-state index in [-0.39, 0.29) is 19.2 Å². The van der Waals surface area contributed by atoms with E-state index in [0.717, 1.165) is 34.1 Å². The van der Waals surface area contributed by atoms with Crippen LogP contribution < -0.4 is 29.0 Å². The molecule has 0 fully saturated rings. The van der Waals surface area contributed by atoms with Crippen molar-refractivity contribution in [3.05, 3.63) is 41.5 Å². The molecular weight excluding hydrogens is 346 g/mol. The Kier molecular flexibility index (Phi) is 6.61. The van der Waals surface area contributed by atoms with Crippen molar-refractivity contribution < 1.29 is 23.7 Å². The molecule has 6 nitrogen and oxygen atoms in total. The van der Waals surface area contributed by atoms with Gasteiger partial charge in [0.25, 0.3) is 0 Å². The van der Waals surface area contributed by atoms with Crippen LogP contribution in [0.3, 0.4) is 0 Å². The number of benzene rings is 2. The van der Waals surface area contributed by atoms with Gasteiger partial charge in [-0.2, -0.15) is 0 Å². The summed E-state index contributed by atoms with van der Waals surface area (Å²) < 4.78 is 26.9. The first-order chi connectivity index (χ1) is 11.7. The normalized spacial score (nSPS) is 11.6. The van der Waals surface area contributed by atoms with Crippen LogP contribution in [0.4, 0.5) is 0 Å². The van der Waals surface area contributed by atoms with E-state index in [4.69, 9.17) is 23.7 Å². The third-order valence-corrected chi connectivity index (χ3v) is 3.88. The largest absolute Gasteiger partial charge is 0.496 e. The number of ether oxygens (including phenoxy) is 5. The molecule has 0 amide bonds. The first-order valence-electron chi connectivity index (χ1n) is 7.63. The molecule has 1 aliphatic heterocycles. The summed E-state index contributed by atoms with van der Waals surface area (Å²) in [5.41, 5.74) is 2.06. The number of halogens is 1. The lowest BCUT2D eigenvalue weighted by Gasteiger charge is -2.15. The summed E-state index contributed by atoms with van der Waals surface area (Å²) in [5.74, 6) is 3.73. The fourth-order valence-electron chi connectivity index (χ4n) is 2.63. The van der Waals surface area contributed by atoms with Crippen molar-refractivity contribution >= 4 is 12.4 Å². The standard InChI is InChI=1S/C18H21NO5.ClH/c1-20-13-7-16(21-2)14(17(8-13)22-3)10-19-9-12-4-5-15-18(6-12)24-11-23-15;/h4-8,19H,9-11H2,1-3H3;1H. The number of hydrogen-bond donors (Lipinski definition) is 1. The lowest BCUT2D eigenvalue weighted by molar-refractivity contribution is 0.174. The maximum atomic E-state index is 5.46. The number of hydrogen-bond acceptors (Lipinski definition) is 6. The minimum atomic E-state index is 0. The van der Waals surface area contributed by atoms with Crippen molar-refractivity contribution in [3.8, 4) is 28.7 Å². The average Bonchev–Trinajstić information content (AvgIpc) is 3.09. The van der Waals surface area contributed by atoms with Crippen LogP contribution in [0.5, 0.6) is 28.7 Å². The van der Waals surface area contributed by atoms with Crippen molar-refractivity contribution in [2.45, 2.75) is 13.1 Å². The van der Waals surface area contributed by atoms with Crippen LogP contribution >= 0.6 is 12.4 Å². The van der Waals surface area contributed by atoms with Gasteiger partial charge < -0.3 is 29.0 Å². The van der Waals surface area contributed by atoms with E-state index in [1.807, 2.05) is 30.3 Å². The van der Waals surface area contributed by atoms with Crippen LogP contribution in [0.25, 0.3) is 0 Å². The molecule has 1 heterocycles. The van der Waals surface area contributed by atoms with E-state index in [9.17, 15) is 0 Å². The molecule has 25 heavy (non-hydrogen) atoms. The maximum absolute atomic E-state index is 5.46. The number of rotatable bonds is 7. The van der Waals surface area contributed by atoms with Crippen LogP contribution in [0.1, 0.15) is 11.1 Å². The monoisotopic (exact) mass is 367 g/mol. The van der Waals surface area contributed by atoms with Gasteiger partial charge in [0.05, 0.1) is 26.9 Å². The summed E-state index contributed by atoms with van der Waals surface area (Å²) in [6.07, 6.45) is 0. The fourth-order valence-corrected chi connectivity index (χ4v) is 2.63. The highest BCUT2D eigenvalue weighted by atomic mass is 35.5. The lowest BCUT2D eigenvalue weighted by Crippen LogP contribution is -2.14. The van der Waals surface area contributed by atoms with Crippen molar-refractivity contribution in [2.24, 2.45) is 0 Å². The van der Waals surface area contributed by atoms with Gasteiger partial charge >= 0.3 is 0 Å². The van der Waals surface area contributed by atoms with Crippen molar-refractivity contribution in [1.29, 1.82) is 0 Å². The van der Waals surface area contributed by atoms with Gasteiger partial charge in [0.1, 0.15) is 17.2 Å². The average molecular weight is 368 g/mol. The van der Waals surface area contributed by atoms with Crippen molar-refractivity contribution in [2.75, 3.05) is 28.1 Å². The Hall–Kier alpha value is -2.31. The fraction of sp³-hybridized carbons (Fsp3) is 0.333. The summed E-state index contributed by atoms with van der Waals surface area (Å²) in [5, 5.41) is 3.40. The molecule has 2 aromatic rings. The third kappa shape index (κ3) is 4.21. The summed E-state index contributed by atoms with van der Waals surface area (Å²) in [7, 11) is 4.89. The summed E-state index contributed by atoms with van der Waals surface area (Å²) >= 11 is 0. The zero-order valence-corrected chi connectivity index (χ0v) is 15.3. The van der Waals surface area contributed by atoms with E-state index in [2.05, 4.69) is 5.32 Å². The van der Waals surface area contributed by atoms with Crippen molar-refractivity contribution in [3.63, 3.8) is 0 Å². The van der Waals surface area contributed by atoms with E-state index >= 15 is 0 Å². The summed E-state index contributed by atoms with van der Waals surface area (Å²) in [6.45, 7) is 1.58. The molecule has 2 aromatic carbocycles. The molecule has 1 N–H and O–H groups in total. The highest BCUT2D eigenvalue weighted by molar-refractivity contribution is 5.85. The topological polar surface area (TPSA) is 58.2 Å². The predicted octanol–water partition coefficient (Wildman–Crippen LogP) is 3.15. The third-order valence-electron chi connectivity index (χ3n) is 3.88. The van der Waals surface area contributed by atoms with Crippen LogP contribution in [0.15, 0.2) is 30.3 Å². The molecule has 0 radical (unpaired) electrons. The Balaban J connectivity index is 0.00000225. The Morgan fingerprint density at radius 2 is 1.56 bits per heavy atom. The number of nitrogens with one attached hydrogen (secondary N) is 1. The maximum Gasteiger partial charge on any atom is 0.231 e. The van der Waals surface area contributed by atoms with Crippen molar-refractivity contribution in [1.82, 2.24) is 5.32 Å². The predicted molar refractivity (Wildman–Crippen MR) is 96.5 cm³/mol. The molecular formula is C18H22ClNO5. The second-order valence-corrected chi connectivity index (χ2v) is 5.30. The van der Waals surface area contributed by atoms with Gasteiger partial charge in [0.2, 0.25) is 6.79 Å². The first kappa shape index (κ1) is 19.0. The van der Waals surface area contributed by atoms with E-state index in [0.29, 0.717) is 18.8 Å². The molecule has 0 aliphatic carbocycles. The highest BCUT2D eigenvalue weighted by Gasteiger charge is 2.15. The smallest absolute Gasteiger partial charge is 0.231 e. The molecule has 0 spiro atoms. The molecule has 3 rings (SSSR count). The van der Waals surface area contributed by atoms with Gasteiger partial charge in [0.15, 0.2) is 11.5 Å². The minimum Gasteiger partial charge on any atom is -0.496 e. The Morgan fingerprint density at radius 3 is 2.20 bits per heavy atom.